The summed E-state index contributed by atoms with van der Waals surface area (Å²) in [6.07, 6.45) is 1.49. The van der Waals surface area contributed by atoms with Crippen LogP contribution in [-0.4, -0.2) is 55.2 Å². The van der Waals surface area contributed by atoms with Gasteiger partial charge in [-0.2, -0.15) is 0 Å². The standard InChI is InChI=1S/C19H29NO4S2/c1-4-25-18(19(21)26-5-2)20(12-11-17-23-13-6-14-24-17)15-7-9-16(22-3)10-8-15/h7-10,17-18H,4-6,11-14H2,1-3H3. The summed E-state index contributed by atoms with van der Waals surface area (Å²) in [7, 11) is 1.65. The second-order valence-electron chi connectivity index (χ2n) is 5.76. The fourth-order valence-corrected chi connectivity index (χ4v) is 4.58. The topological polar surface area (TPSA) is 48.0 Å². The van der Waals surface area contributed by atoms with Gasteiger partial charge >= 0.3 is 0 Å². The average Bonchev–Trinajstić information content (AvgIpc) is 2.68. The summed E-state index contributed by atoms with van der Waals surface area (Å²) < 4.78 is 16.6. The van der Waals surface area contributed by atoms with Gasteiger partial charge < -0.3 is 19.1 Å². The van der Waals surface area contributed by atoms with E-state index in [0.29, 0.717) is 6.54 Å². The lowest BCUT2D eigenvalue weighted by atomic mass is 10.2. The fraction of sp³-hybridized carbons (Fsp3) is 0.632. The number of carbonyl (C=O) groups excluding carboxylic acids is 1. The van der Waals surface area contributed by atoms with E-state index in [9.17, 15) is 4.79 Å². The van der Waals surface area contributed by atoms with Crippen molar-refractivity contribution in [2.24, 2.45) is 0 Å². The number of hydrogen-bond acceptors (Lipinski definition) is 7. The third-order valence-corrected chi connectivity index (χ3v) is 6.07. The first kappa shape index (κ1) is 21.4. The van der Waals surface area contributed by atoms with E-state index >= 15 is 0 Å². The molecule has 0 bridgehead atoms. The summed E-state index contributed by atoms with van der Waals surface area (Å²) in [6, 6.07) is 7.88. The molecule has 0 spiro atoms. The van der Waals surface area contributed by atoms with Gasteiger partial charge in [-0.05, 0) is 42.2 Å². The molecule has 0 saturated carbocycles. The third kappa shape index (κ3) is 6.37. The summed E-state index contributed by atoms with van der Waals surface area (Å²) in [5.74, 6) is 2.47. The van der Waals surface area contributed by atoms with Crippen LogP contribution in [0, 0.1) is 0 Å². The van der Waals surface area contributed by atoms with Crippen LogP contribution < -0.4 is 9.64 Å². The van der Waals surface area contributed by atoms with Gasteiger partial charge in [0.25, 0.3) is 0 Å². The van der Waals surface area contributed by atoms with Crippen molar-refractivity contribution in [3.8, 4) is 5.75 Å². The molecule has 0 radical (unpaired) electrons. The Hall–Kier alpha value is -0.890. The molecule has 146 valence electrons. The SMILES string of the molecule is CCSC(=O)C(SCC)N(CCC1OCCCO1)c1ccc(OC)cc1. The summed E-state index contributed by atoms with van der Waals surface area (Å²) in [6.45, 7) is 6.28. The lowest BCUT2D eigenvalue weighted by Crippen LogP contribution is -2.41. The number of anilines is 1. The number of carbonyl (C=O) groups is 1. The molecule has 2 rings (SSSR count). The van der Waals surface area contributed by atoms with Crippen molar-refractivity contribution in [1.29, 1.82) is 0 Å². The summed E-state index contributed by atoms with van der Waals surface area (Å²) in [5.41, 5.74) is 1.01. The van der Waals surface area contributed by atoms with E-state index in [2.05, 4.69) is 11.8 Å². The largest absolute Gasteiger partial charge is 0.497 e. The van der Waals surface area contributed by atoms with Crippen LogP contribution in [0.5, 0.6) is 5.75 Å². The molecule has 1 aromatic carbocycles. The Morgan fingerprint density at radius 2 is 1.92 bits per heavy atom. The molecular formula is C19H29NO4S2. The monoisotopic (exact) mass is 399 g/mol. The Morgan fingerprint density at radius 1 is 1.23 bits per heavy atom. The zero-order chi connectivity index (χ0) is 18.8. The number of rotatable bonds is 10. The Kier molecular flexibility index (Phi) is 9.67. The molecule has 0 amide bonds. The number of methoxy groups -OCH3 is 1. The summed E-state index contributed by atoms with van der Waals surface area (Å²) in [5, 5.41) is -0.0254. The van der Waals surface area contributed by atoms with Crippen LogP contribution in [0.2, 0.25) is 0 Å². The van der Waals surface area contributed by atoms with E-state index in [1.165, 1.54) is 11.8 Å². The smallest absolute Gasteiger partial charge is 0.221 e. The highest BCUT2D eigenvalue weighted by atomic mass is 32.2. The Bertz CT molecular complexity index is 535. The molecule has 0 aliphatic carbocycles. The first-order valence-electron chi connectivity index (χ1n) is 9.11. The van der Waals surface area contributed by atoms with E-state index < -0.39 is 0 Å². The molecule has 0 N–H and O–H groups in total. The predicted octanol–water partition coefficient (Wildman–Crippen LogP) is 4.01. The number of hydrogen-bond donors (Lipinski definition) is 0. The fourth-order valence-electron chi connectivity index (χ4n) is 2.76. The second-order valence-corrected chi connectivity index (χ2v) is 8.39. The quantitative estimate of drug-likeness (QED) is 0.551. The zero-order valence-electron chi connectivity index (χ0n) is 15.8. The predicted molar refractivity (Wildman–Crippen MR) is 110 cm³/mol. The van der Waals surface area contributed by atoms with Crippen molar-refractivity contribution in [3.05, 3.63) is 24.3 Å². The molecular weight excluding hydrogens is 370 g/mol. The molecule has 1 unspecified atom stereocenters. The molecule has 0 aromatic heterocycles. The number of thioether (sulfide) groups is 2. The molecule has 26 heavy (non-hydrogen) atoms. The van der Waals surface area contributed by atoms with Gasteiger partial charge in [-0.25, -0.2) is 0 Å². The number of nitrogens with zero attached hydrogens (tertiary/aromatic N) is 1. The maximum atomic E-state index is 12.7. The minimum atomic E-state index is -0.220. The average molecular weight is 400 g/mol. The lowest BCUT2D eigenvalue weighted by Gasteiger charge is -2.33. The normalized spacial score (nSPS) is 16.3. The first-order chi connectivity index (χ1) is 12.7. The van der Waals surface area contributed by atoms with Crippen molar-refractivity contribution in [1.82, 2.24) is 0 Å². The van der Waals surface area contributed by atoms with Crippen LogP contribution in [0.1, 0.15) is 26.7 Å². The van der Waals surface area contributed by atoms with Crippen LogP contribution in [0.3, 0.4) is 0 Å². The molecule has 1 aliphatic heterocycles. The van der Waals surface area contributed by atoms with Crippen molar-refractivity contribution in [2.45, 2.75) is 38.4 Å². The van der Waals surface area contributed by atoms with Crippen LogP contribution in [0.25, 0.3) is 0 Å². The van der Waals surface area contributed by atoms with Gasteiger partial charge in [-0.15, -0.1) is 11.8 Å². The number of benzene rings is 1. The second kappa shape index (κ2) is 11.7. The van der Waals surface area contributed by atoms with Gasteiger partial charge in [0.2, 0.25) is 5.12 Å². The van der Waals surface area contributed by atoms with Crippen LogP contribution in [0.4, 0.5) is 5.69 Å². The van der Waals surface area contributed by atoms with E-state index in [-0.39, 0.29) is 16.8 Å². The summed E-state index contributed by atoms with van der Waals surface area (Å²) in [4.78, 5) is 14.9. The zero-order valence-corrected chi connectivity index (χ0v) is 17.4. The Balaban J connectivity index is 2.17. The van der Waals surface area contributed by atoms with Crippen LogP contribution >= 0.6 is 23.5 Å². The molecule has 1 saturated heterocycles. The highest BCUT2D eigenvalue weighted by Crippen LogP contribution is 2.29. The van der Waals surface area contributed by atoms with Gasteiger partial charge in [0.15, 0.2) is 6.29 Å². The minimum absolute atomic E-state index is 0.189. The van der Waals surface area contributed by atoms with Gasteiger partial charge in [-0.1, -0.05) is 25.6 Å². The van der Waals surface area contributed by atoms with Crippen molar-refractivity contribution >= 4 is 34.3 Å². The minimum Gasteiger partial charge on any atom is -0.497 e. The highest BCUT2D eigenvalue weighted by Gasteiger charge is 2.27. The van der Waals surface area contributed by atoms with E-state index in [1.807, 2.05) is 31.2 Å². The third-order valence-electron chi connectivity index (χ3n) is 4.00. The molecule has 1 heterocycles. The van der Waals surface area contributed by atoms with Crippen LogP contribution in [-0.2, 0) is 14.3 Å². The number of ether oxygens (including phenoxy) is 3. The van der Waals surface area contributed by atoms with Gasteiger partial charge in [0, 0.05) is 18.7 Å². The van der Waals surface area contributed by atoms with Crippen molar-refractivity contribution < 1.29 is 19.0 Å². The van der Waals surface area contributed by atoms with E-state index in [1.54, 1.807) is 18.9 Å². The molecule has 1 fully saturated rings. The van der Waals surface area contributed by atoms with Gasteiger partial charge in [-0.3, -0.25) is 4.79 Å². The van der Waals surface area contributed by atoms with E-state index in [4.69, 9.17) is 14.2 Å². The van der Waals surface area contributed by atoms with Gasteiger partial charge in [0.05, 0.1) is 20.3 Å². The van der Waals surface area contributed by atoms with Gasteiger partial charge in [0.1, 0.15) is 11.1 Å². The molecule has 1 aliphatic rings. The highest BCUT2D eigenvalue weighted by molar-refractivity contribution is 8.16. The Morgan fingerprint density at radius 3 is 2.50 bits per heavy atom. The van der Waals surface area contributed by atoms with E-state index in [0.717, 1.165) is 49.0 Å². The summed E-state index contributed by atoms with van der Waals surface area (Å²) >= 11 is 3.05. The maximum Gasteiger partial charge on any atom is 0.221 e. The van der Waals surface area contributed by atoms with Crippen LogP contribution in [0.15, 0.2) is 24.3 Å². The first-order valence-corrected chi connectivity index (χ1v) is 11.1. The Labute approximate surface area is 165 Å². The van der Waals surface area contributed by atoms with Crippen molar-refractivity contribution in [3.63, 3.8) is 0 Å². The molecule has 5 nitrogen and oxygen atoms in total. The molecule has 1 atom stereocenters. The lowest BCUT2D eigenvalue weighted by molar-refractivity contribution is -0.179. The van der Waals surface area contributed by atoms with Crippen molar-refractivity contribution in [2.75, 3.05) is 43.3 Å². The molecule has 1 aromatic rings. The molecule has 7 heteroatoms. The maximum absolute atomic E-state index is 12.7.